The van der Waals surface area contributed by atoms with E-state index in [1.54, 1.807) is 6.07 Å². The number of benzene rings is 2. The smallest absolute Gasteiger partial charge is 0.147 e. The lowest BCUT2D eigenvalue weighted by atomic mass is 10.0. The van der Waals surface area contributed by atoms with E-state index in [0.29, 0.717) is 21.7 Å². The van der Waals surface area contributed by atoms with E-state index >= 15 is 0 Å². The van der Waals surface area contributed by atoms with Gasteiger partial charge >= 0.3 is 0 Å². The number of aromatic hydroxyl groups is 2. The van der Waals surface area contributed by atoms with E-state index in [2.05, 4.69) is 15.0 Å². The van der Waals surface area contributed by atoms with Gasteiger partial charge in [-0.3, -0.25) is 0 Å². The topological polar surface area (TPSA) is 114 Å². The molecule has 7 heteroatoms. The van der Waals surface area contributed by atoms with E-state index in [4.69, 9.17) is 9.97 Å². The Morgan fingerprint density at radius 2 is 1.08 bits per heavy atom. The molecular formula is C30H19N5O2. The van der Waals surface area contributed by atoms with Gasteiger partial charge in [-0.05, 0) is 60.7 Å². The SMILES string of the molecule is Oc1c2ccccc2c(O)c2c1[nH]c1c3cc4nc(cc5ccc(cc6nc(cc([nH]3)c12)C=C6)[nH]5)C=C4. The van der Waals surface area contributed by atoms with Crippen molar-refractivity contribution < 1.29 is 10.2 Å². The molecular weight excluding hydrogens is 462 g/mol. The summed E-state index contributed by atoms with van der Waals surface area (Å²) in [7, 11) is 0. The zero-order valence-electron chi connectivity index (χ0n) is 19.4. The first-order valence-electron chi connectivity index (χ1n) is 12.0. The van der Waals surface area contributed by atoms with Crippen molar-refractivity contribution in [2.24, 2.45) is 0 Å². The molecule has 8 rings (SSSR count). The van der Waals surface area contributed by atoms with Gasteiger partial charge in [-0.25, -0.2) is 9.97 Å². The quantitative estimate of drug-likeness (QED) is 0.152. The Balaban J connectivity index is 1.58. The van der Waals surface area contributed by atoms with Crippen LogP contribution in [0.15, 0.2) is 60.7 Å². The van der Waals surface area contributed by atoms with Gasteiger partial charge in [-0.15, -0.1) is 0 Å². The molecule has 5 N–H and O–H groups in total. The van der Waals surface area contributed by atoms with Crippen LogP contribution in [0, 0.1) is 0 Å². The second kappa shape index (κ2) is 7.11. The summed E-state index contributed by atoms with van der Waals surface area (Å²) in [6, 6.07) is 19.3. The fraction of sp³-hybridized carbons (Fsp3) is 0. The molecule has 0 fully saturated rings. The van der Waals surface area contributed by atoms with Crippen LogP contribution in [0.4, 0.5) is 0 Å². The van der Waals surface area contributed by atoms with Crippen LogP contribution in [0.1, 0.15) is 22.8 Å². The summed E-state index contributed by atoms with van der Waals surface area (Å²) >= 11 is 0. The average molecular weight is 482 g/mol. The Hall–Kier alpha value is -5.30. The molecule has 0 radical (unpaired) electrons. The molecule has 176 valence electrons. The predicted molar refractivity (Wildman–Crippen MR) is 149 cm³/mol. The maximum absolute atomic E-state index is 11.4. The number of hydrogen-bond donors (Lipinski definition) is 5. The van der Waals surface area contributed by atoms with Gasteiger partial charge in [0.1, 0.15) is 11.5 Å². The zero-order chi connectivity index (χ0) is 24.7. The summed E-state index contributed by atoms with van der Waals surface area (Å²) < 4.78 is 0. The van der Waals surface area contributed by atoms with Gasteiger partial charge in [0, 0.05) is 27.2 Å². The average Bonchev–Trinajstić information content (AvgIpc) is 3.71. The Morgan fingerprint density at radius 3 is 1.73 bits per heavy atom. The van der Waals surface area contributed by atoms with Gasteiger partial charge in [-0.1, -0.05) is 24.3 Å². The highest BCUT2D eigenvalue weighted by molar-refractivity contribution is 6.27. The molecule has 37 heavy (non-hydrogen) atoms. The maximum Gasteiger partial charge on any atom is 0.147 e. The number of aromatic amines is 3. The predicted octanol–water partition coefficient (Wildman–Crippen LogP) is 6.85. The number of nitrogens with one attached hydrogen (secondary N) is 3. The van der Waals surface area contributed by atoms with Gasteiger partial charge < -0.3 is 25.2 Å². The Kier molecular flexibility index (Phi) is 3.84. The van der Waals surface area contributed by atoms with Crippen LogP contribution in [-0.4, -0.2) is 35.1 Å². The van der Waals surface area contributed by atoms with Gasteiger partial charge in [0.2, 0.25) is 0 Å². The third kappa shape index (κ3) is 2.94. The van der Waals surface area contributed by atoms with Crippen LogP contribution in [0.5, 0.6) is 11.5 Å². The third-order valence-electron chi connectivity index (χ3n) is 7.01. The van der Waals surface area contributed by atoms with Crippen molar-refractivity contribution in [1.82, 2.24) is 24.9 Å². The second-order valence-corrected chi connectivity index (χ2v) is 9.36. The Morgan fingerprint density at radius 1 is 0.514 bits per heavy atom. The second-order valence-electron chi connectivity index (χ2n) is 9.36. The molecule has 0 unspecified atom stereocenters. The first-order chi connectivity index (χ1) is 18.1. The van der Waals surface area contributed by atoms with Crippen molar-refractivity contribution in [2.75, 3.05) is 0 Å². The van der Waals surface area contributed by atoms with Crippen LogP contribution in [0.2, 0.25) is 0 Å². The molecule has 2 aliphatic heterocycles. The Bertz CT molecular complexity index is 2180. The lowest BCUT2D eigenvalue weighted by molar-refractivity contribution is 0.478. The summed E-state index contributed by atoms with van der Waals surface area (Å²) in [6.07, 6.45) is 7.87. The molecule has 2 aromatic carbocycles. The van der Waals surface area contributed by atoms with Crippen molar-refractivity contribution in [2.45, 2.75) is 0 Å². The third-order valence-corrected chi connectivity index (χ3v) is 7.01. The van der Waals surface area contributed by atoms with Crippen LogP contribution < -0.4 is 0 Å². The fourth-order valence-electron chi connectivity index (χ4n) is 5.36. The molecule has 0 aliphatic carbocycles. The van der Waals surface area contributed by atoms with Crippen molar-refractivity contribution >= 4 is 78.9 Å². The van der Waals surface area contributed by atoms with Gasteiger partial charge in [0.15, 0.2) is 0 Å². The molecule has 7 nitrogen and oxygen atoms in total. The van der Waals surface area contributed by atoms with Crippen molar-refractivity contribution in [3.8, 4) is 11.5 Å². The number of rotatable bonds is 0. The van der Waals surface area contributed by atoms with Gasteiger partial charge in [0.05, 0.1) is 50.2 Å². The van der Waals surface area contributed by atoms with Gasteiger partial charge in [0.25, 0.3) is 0 Å². The monoisotopic (exact) mass is 481 g/mol. The number of fused-ring (bicyclic) bond motifs is 14. The molecule has 0 amide bonds. The van der Waals surface area contributed by atoms with E-state index in [-0.39, 0.29) is 11.5 Å². The Labute approximate surface area is 209 Å². The van der Waals surface area contributed by atoms with Crippen molar-refractivity contribution in [3.05, 3.63) is 83.4 Å². The minimum absolute atomic E-state index is 0.106. The number of aromatic nitrogens is 5. The maximum atomic E-state index is 11.4. The zero-order valence-corrected chi connectivity index (χ0v) is 19.4. The van der Waals surface area contributed by atoms with Crippen LogP contribution in [-0.2, 0) is 0 Å². The van der Waals surface area contributed by atoms with Gasteiger partial charge in [-0.2, -0.15) is 0 Å². The van der Waals surface area contributed by atoms with E-state index in [9.17, 15) is 10.2 Å². The molecule has 6 aromatic rings. The summed E-state index contributed by atoms with van der Waals surface area (Å²) in [5.41, 5.74) is 7.97. The molecule has 6 heterocycles. The van der Waals surface area contributed by atoms with Crippen molar-refractivity contribution in [3.63, 3.8) is 0 Å². The highest BCUT2D eigenvalue weighted by Gasteiger charge is 2.20. The number of nitrogens with zero attached hydrogens (tertiary/aromatic N) is 2. The minimum atomic E-state index is 0.106. The van der Waals surface area contributed by atoms with E-state index < -0.39 is 0 Å². The summed E-state index contributed by atoms with van der Waals surface area (Å²) in [5, 5.41) is 25.0. The highest BCUT2D eigenvalue weighted by Crippen LogP contribution is 2.46. The normalized spacial score (nSPS) is 12.9. The van der Waals surface area contributed by atoms with Crippen molar-refractivity contribution in [1.29, 1.82) is 0 Å². The first-order valence-corrected chi connectivity index (χ1v) is 12.0. The highest BCUT2D eigenvalue weighted by atomic mass is 16.3. The molecule has 8 bridgehead atoms. The van der Waals surface area contributed by atoms with E-state index in [1.165, 1.54) is 0 Å². The summed E-state index contributed by atoms with van der Waals surface area (Å²) in [6.45, 7) is 0. The molecule has 2 aliphatic rings. The standard InChI is InChI=1S/C30H19N5O2/c36-29-21-3-1-2-4-22(21)30(37)28-26(29)25-23-13-19-9-7-17(32-19)11-15-5-6-16(31-15)12-18-8-10-20(33-18)14-24(34-23)27(25)35-28/h1-14,31,34-37H. The minimum Gasteiger partial charge on any atom is -0.507 e. The molecule has 0 saturated heterocycles. The number of phenols is 2. The fourth-order valence-corrected chi connectivity index (χ4v) is 5.36. The number of H-pyrrole nitrogens is 3. The van der Waals surface area contributed by atoms with Crippen LogP contribution in [0.25, 0.3) is 78.9 Å². The molecule has 0 spiro atoms. The lowest BCUT2D eigenvalue weighted by Gasteiger charge is -2.06. The van der Waals surface area contributed by atoms with E-state index in [1.807, 2.05) is 78.9 Å². The summed E-state index contributed by atoms with van der Waals surface area (Å²) in [5.74, 6) is 0.227. The first kappa shape index (κ1) is 19.9. The van der Waals surface area contributed by atoms with E-state index in [0.717, 1.165) is 55.7 Å². The molecule has 0 atom stereocenters. The largest absolute Gasteiger partial charge is 0.507 e. The van der Waals surface area contributed by atoms with Crippen LogP contribution >= 0.6 is 0 Å². The number of hydrogen-bond acceptors (Lipinski definition) is 4. The number of phenolic OH excluding ortho intramolecular Hbond substituents is 2. The van der Waals surface area contributed by atoms with Crippen LogP contribution in [0.3, 0.4) is 0 Å². The molecule has 4 aromatic heterocycles. The lowest BCUT2D eigenvalue weighted by Crippen LogP contribution is -1.80. The molecule has 0 saturated carbocycles. The summed E-state index contributed by atoms with van der Waals surface area (Å²) in [4.78, 5) is 19.8.